The van der Waals surface area contributed by atoms with Gasteiger partial charge in [-0.15, -0.1) is 0 Å². The summed E-state index contributed by atoms with van der Waals surface area (Å²) in [5.41, 5.74) is 4.09. The number of anilines is 1. The van der Waals surface area contributed by atoms with Crippen LogP contribution in [0.4, 0.5) is 14.5 Å². The van der Waals surface area contributed by atoms with E-state index in [2.05, 4.69) is 34.3 Å². The molecule has 226 valence electrons. The molecule has 1 aromatic heterocycles. The molecular weight excluding hydrogens is 574 g/mol. The van der Waals surface area contributed by atoms with Crippen LogP contribution in [-0.2, 0) is 34.2 Å². The molecule has 1 fully saturated rings. The number of aromatic nitrogens is 2. The van der Waals surface area contributed by atoms with Crippen molar-refractivity contribution in [3.8, 4) is 5.75 Å². The molecule has 43 heavy (non-hydrogen) atoms. The highest BCUT2D eigenvalue weighted by molar-refractivity contribution is 7.90. The molecule has 11 heteroatoms. The Morgan fingerprint density at radius 3 is 2.51 bits per heavy atom. The van der Waals surface area contributed by atoms with Gasteiger partial charge in [-0.05, 0) is 84.8 Å². The molecule has 0 aliphatic carbocycles. The van der Waals surface area contributed by atoms with Gasteiger partial charge in [0, 0.05) is 44.0 Å². The predicted octanol–water partition coefficient (Wildman–Crippen LogP) is 5.26. The predicted molar refractivity (Wildman–Crippen MR) is 159 cm³/mol. The molecule has 2 heterocycles. The van der Waals surface area contributed by atoms with Gasteiger partial charge in [0.2, 0.25) is 5.91 Å². The van der Waals surface area contributed by atoms with Crippen molar-refractivity contribution in [2.24, 2.45) is 0 Å². The number of carbonyl (C=O) groups is 1. The zero-order valence-electron chi connectivity index (χ0n) is 23.7. The van der Waals surface area contributed by atoms with Gasteiger partial charge in [-0.25, -0.2) is 21.9 Å². The Hall–Kier alpha value is -4.25. The van der Waals surface area contributed by atoms with E-state index >= 15 is 0 Å². The number of hydrogen-bond donors (Lipinski definition) is 1. The molecule has 0 atom stereocenters. The monoisotopic (exact) mass is 608 g/mol. The van der Waals surface area contributed by atoms with E-state index < -0.39 is 32.5 Å². The molecule has 4 aromatic rings. The Kier molecular flexibility index (Phi) is 9.71. The van der Waals surface area contributed by atoms with Crippen LogP contribution in [0.2, 0.25) is 0 Å². The van der Waals surface area contributed by atoms with Crippen molar-refractivity contribution in [3.63, 3.8) is 0 Å². The first-order chi connectivity index (χ1) is 20.8. The number of benzene rings is 3. The third-order valence-electron chi connectivity index (χ3n) is 7.39. The molecule has 0 bridgehead atoms. The first-order valence-corrected chi connectivity index (χ1v) is 15.8. The third-order valence-corrected chi connectivity index (χ3v) is 8.76. The first kappa shape index (κ1) is 30.2. The number of sulfonamides is 1. The number of aryl methyl sites for hydroxylation is 1. The summed E-state index contributed by atoms with van der Waals surface area (Å²) < 4.78 is 61.8. The highest BCUT2D eigenvalue weighted by Gasteiger charge is 2.20. The lowest BCUT2D eigenvalue weighted by molar-refractivity contribution is -0.119. The largest absolute Gasteiger partial charge is 0.493 e. The summed E-state index contributed by atoms with van der Waals surface area (Å²) in [7, 11) is -4.36. The van der Waals surface area contributed by atoms with E-state index in [0.717, 1.165) is 30.3 Å². The molecule has 1 aliphatic heterocycles. The zero-order valence-corrected chi connectivity index (χ0v) is 24.5. The number of nitrogens with one attached hydrogen (secondary N) is 1. The van der Waals surface area contributed by atoms with E-state index in [0.29, 0.717) is 37.5 Å². The fourth-order valence-corrected chi connectivity index (χ4v) is 6.14. The SMILES string of the molecule is O=C(CCc1ccc(Cn2cccn2)cc1OCCc1cccc(N2CCCCC2)c1)NS(=O)(=O)c1ccc(F)c(F)c1. The van der Waals surface area contributed by atoms with Crippen molar-refractivity contribution in [1.29, 1.82) is 0 Å². The maximum absolute atomic E-state index is 13.6. The molecule has 1 aliphatic rings. The molecule has 8 nitrogen and oxygen atoms in total. The van der Waals surface area contributed by atoms with Crippen molar-refractivity contribution in [2.75, 3.05) is 24.6 Å². The second kappa shape index (κ2) is 13.8. The third kappa shape index (κ3) is 8.19. The summed E-state index contributed by atoms with van der Waals surface area (Å²) in [5, 5.41) is 4.26. The Morgan fingerprint density at radius 2 is 1.74 bits per heavy atom. The fourth-order valence-electron chi connectivity index (χ4n) is 5.11. The van der Waals surface area contributed by atoms with Crippen LogP contribution < -0.4 is 14.4 Å². The topological polar surface area (TPSA) is 93.5 Å². The van der Waals surface area contributed by atoms with Crippen LogP contribution >= 0.6 is 0 Å². The zero-order chi connectivity index (χ0) is 30.2. The van der Waals surface area contributed by atoms with Gasteiger partial charge in [-0.2, -0.15) is 5.10 Å². The maximum atomic E-state index is 13.6. The van der Waals surface area contributed by atoms with Crippen molar-refractivity contribution in [3.05, 3.63) is 107 Å². The average molecular weight is 609 g/mol. The number of carbonyl (C=O) groups excluding carboxylic acids is 1. The Balaban J connectivity index is 1.25. The number of nitrogens with zero attached hydrogens (tertiary/aromatic N) is 3. The molecular formula is C32H34F2N4O4S. The van der Waals surface area contributed by atoms with Gasteiger partial charge >= 0.3 is 0 Å². The van der Waals surface area contributed by atoms with Crippen molar-refractivity contribution in [1.82, 2.24) is 14.5 Å². The van der Waals surface area contributed by atoms with Gasteiger partial charge in [-0.3, -0.25) is 9.48 Å². The molecule has 0 spiro atoms. The Labute approximate surface area is 250 Å². The number of hydrogen-bond acceptors (Lipinski definition) is 6. The number of rotatable bonds is 12. The molecule has 5 rings (SSSR count). The van der Waals surface area contributed by atoms with E-state index in [4.69, 9.17) is 4.74 Å². The van der Waals surface area contributed by atoms with E-state index in [1.54, 1.807) is 10.9 Å². The van der Waals surface area contributed by atoms with Crippen molar-refractivity contribution < 1.29 is 26.7 Å². The summed E-state index contributed by atoms with van der Waals surface area (Å²) in [6, 6.07) is 18.2. The highest BCUT2D eigenvalue weighted by Crippen LogP contribution is 2.25. The van der Waals surface area contributed by atoms with Crippen molar-refractivity contribution in [2.45, 2.75) is 50.0 Å². The Bertz CT molecular complexity index is 1660. The van der Waals surface area contributed by atoms with E-state index in [9.17, 15) is 22.0 Å². The number of halogens is 2. The lowest BCUT2D eigenvalue weighted by atomic mass is 10.1. The molecule has 3 aromatic carbocycles. The average Bonchev–Trinajstić information content (AvgIpc) is 3.51. The normalized spacial score (nSPS) is 13.6. The summed E-state index contributed by atoms with van der Waals surface area (Å²) in [4.78, 5) is 14.5. The van der Waals surface area contributed by atoms with E-state index in [1.807, 2.05) is 35.2 Å². The molecule has 1 N–H and O–H groups in total. The number of amides is 1. The maximum Gasteiger partial charge on any atom is 0.264 e. The van der Waals surface area contributed by atoms with Crippen LogP contribution in [0.1, 0.15) is 42.4 Å². The lowest BCUT2D eigenvalue weighted by Gasteiger charge is -2.29. The summed E-state index contributed by atoms with van der Waals surface area (Å²) in [5.74, 6) is -2.66. The minimum Gasteiger partial charge on any atom is -0.493 e. The highest BCUT2D eigenvalue weighted by atomic mass is 32.2. The van der Waals surface area contributed by atoms with Crippen LogP contribution in [0.25, 0.3) is 0 Å². The van der Waals surface area contributed by atoms with Gasteiger partial charge in [0.15, 0.2) is 11.6 Å². The smallest absolute Gasteiger partial charge is 0.264 e. The molecule has 0 unspecified atom stereocenters. The van der Waals surface area contributed by atoms with Crippen molar-refractivity contribution >= 4 is 21.6 Å². The minimum atomic E-state index is -4.36. The second-order valence-electron chi connectivity index (χ2n) is 10.6. The minimum absolute atomic E-state index is 0.157. The van der Waals surface area contributed by atoms with Gasteiger partial charge < -0.3 is 9.64 Å². The molecule has 1 saturated heterocycles. The van der Waals surface area contributed by atoms with Crippen LogP contribution in [0.3, 0.4) is 0 Å². The van der Waals surface area contributed by atoms with E-state index in [-0.39, 0.29) is 12.8 Å². The number of ether oxygens (including phenoxy) is 1. The van der Waals surface area contributed by atoms with Gasteiger partial charge in [-0.1, -0.05) is 24.3 Å². The number of piperidine rings is 1. The molecule has 0 saturated carbocycles. The summed E-state index contributed by atoms with van der Waals surface area (Å²) >= 11 is 0. The fraction of sp³-hybridized carbons (Fsp3) is 0.312. The Morgan fingerprint density at radius 1 is 0.907 bits per heavy atom. The van der Waals surface area contributed by atoms with Gasteiger partial charge in [0.1, 0.15) is 5.75 Å². The quantitative estimate of drug-likeness (QED) is 0.236. The van der Waals surface area contributed by atoms with E-state index in [1.165, 1.54) is 30.5 Å². The lowest BCUT2D eigenvalue weighted by Crippen LogP contribution is -2.30. The van der Waals surface area contributed by atoms with Gasteiger partial charge in [0.05, 0.1) is 18.0 Å². The van der Waals surface area contributed by atoms with Crippen LogP contribution in [0, 0.1) is 11.6 Å². The van der Waals surface area contributed by atoms with Crippen LogP contribution in [-0.4, -0.2) is 43.8 Å². The molecule has 0 radical (unpaired) electrons. The van der Waals surface area contributed by atoms with Crippen LogP contribution in [0.5, 0.6) is 5.75 Å². The van der Waals surface area contributed by atoms with Crippen LogP contribution in [0.15, 0.2) is 84.0 Å². The standard InChI is InChI=1S/C32H34F2N4O4S/c33-29-12-11-28(22-30(29)34)43(40,41)36-32(39)13-10-26-9-8-25(23-38-18-5-15-35-38)21-31(26)42-19-14-24-6-4-7-27(20-24)37-16-2-1-3-17-37/h4-9,11-12,15,18,20-22H,1-3,10,13-14,16-17,19,23H2,(H,36,39). The summed E-state index contributed by atoms with van der Waals surface area (Å²) in [6.07, 6.45) is 8.00. The second-order valence-corrected chi connectivity index (χ2v) is 12.2. The first-order valence-electron chi connectivity index (χ1n) is 14.3. The molecule has 1 amide bonds. The van der Waals surface area contributed by atoms with Gasteiger partial charge in [0.25, 0.3) is 10.0 Å². The summed E-state index contributed by atoms with van der Waals surface area (Å²) in [6.45, 7) is 3.09.